The summed E-state index contributed by atoms with van der Waals surface area (Å²) in [6.45, 7) is 3.07. The summed E-state index contributed by atoms with van der Waals surface area (Å²) in [6.07, 6.45) is 1.19. The van der Waals surface area contributed by atoms with Crippen molar-refractivity contribution in [1.29, 1.82) is 0 Å². The SMILES string of the molecule is CN=C(NCCOCCS(C)(=O)=O)NC(C)c1ccc(Cl)c(Cl)c1. The molecular formula is C15H23Cl2N3O3S. The van der Waals surface area contributed by atoms with Gasteiger partial charge in [-0.15, -0.1) is 0 Å². The van der Waals surface area contributed by atoms with E-state index in [0.29, 0.717) is 29.2 Å². The first-order valence-corrected chi connectivity index (χ1v) is 10.2. The first-order valence-electron chi connectivity index (χ1n) is 7.40. The fourth-order valence-corrected chi connectivity index (χ4v) is 2.55. The molecule has 9 heteroatoms. The number of aliphatic imine (C=N–C) groups is 1. The summed E-state index contributed by atoms with van der Waals surface area (Å²) in [7, 11) is -1.32. The Balaban J connectivity index is 2.38. The van der Waals surface area contributed by atoms with Gasteiger partial charge < -0.3 is 15.4 Å². The maximum atomic E-state index is 11.0. The Hall–Kier alpha value is -1.02. The average Bonchev–Trinajstić information content (AvgIpc) is 2.50. The lowest BCUT2D eigenvalue weighted by Gasteiger charge is -2.18. The van der Waals surface area contributed by atoms with Crippen LogP contribution in [0.1, 0.15) is 18.5 Å². The second-order valence-corrected chi connectivity index (χ2v) is 8.35. The highest BCUT2D eigenvalue weighted by molar-refractivity contribution is 7.90. The zero-order chi connectivity index (χ0) is 18.2. The van der Waals surface area contributed by atoms with Gasteiger partial charge in [-0.25, -0.2) is 8.42 Å². The third-order valence-electron chi connectivity index (χ3n) is 3.16. The molecule has 6 nitrogen and oxygen atoms in total. The van der Waals surface area contributed by atoms with Crippen molar-refractivity contribution in [2.45, 2.75) is 13.0 Å². The summed E-state index contributed by atoms with van der Waals surface area (Å²) >= 11 is 11.9. The van der Waals surface area contributed by atoms with E-state index in [0.717, 1.165) is 5.56 Å². The summed E-state index contributed by atoms with van der Waals surface area (Å²) < 4.78 is 27.2. The van der Waals surface area contributed by atoms with Crippen molar-refractivity contribution in [3.8, 4) is 0 Å². The minimum atomic E-state index is -2.99. The number of halogens is 2. The molecule has 0 aliphatic rings. The lowest BCUT2D eigenvalue weighted by Crippen LogP contribution is -2.40. The van der Waals surface area contributed by atoms with E-state index in [1.807, 2.05) is 19.1 Å². The van der Waals surface area contributed by atoms with Crippen molar-refractivity contribution in [2.24, 2.45) is 4.99 Å². The summed E-state index contributed by atoms with van der Waals surface area (Å²) in [5, 5.41) is 7.35. The molecule has 24 heavy (non-hydrogen) atoms. The molecule has 2 N–H and O–H groups in total. The molecule has 0 bridgehead atoms. The predicted octanol–water partition coefficient (Wildman–Crippen LogP) is 2.28. The zero-order valence-electron chi connectivity index (χ0n) is 14.0. The van der Waals surface area contributed by atoms with Gasteiger partial charge in [0.05, 0.1) is 35.1 Å². The van der Waals surface area contributed by atoms with Crippen molar-refractivity contribution in [3.05, 3.63) is 33.8 Å². The Labute approximate surface area is 153 Å². The minimum Gasteiger partial charge on any atom is -0.379 e. The molecule has 0 radical (unpaired) electrons. The number of sulfone groups is 1. The van der Waals surface area contributed by atoms with Crippen LogP contribution < -0.4 is 10.6 Å². The molecule has 1 unspecified atom stereocenters. The molecule has 0 aliphatic carbocycles. The van der Waals surface area contributed by atoms with Crippen molar-refractivity contribution in [1.82, 2.24) is 10.6 Å². The van der Waals surface area contributed by atoms with Gasteiger partial charge in [0.2, 0.25) is 0 Å². The van der Waals surface area contributed by atoms with Gasteiger partial charge in [0, 0.05) is 19.8 Å². The number of ether oxygens (including phenoxy) is 1. The van der Waals surface area contributed by atoms with Crippen molar-refractivity contribution in [3.63, 3.8) is 0 Å². The van der Waals surface area contributed by atoms with E-state index in [-0.39, 0.29) is 18.4 Å². The van der Waals surface area contributed by atoms with Crippen LogP contribution >= 0.6 is 23.2 Å². The lowest BCUT2D eigenvalue weighted by molar-refractivity contribution is 0.154. The van der Waals surface area contributed by atoms with Gasteiger partial charge in [0.1, 0.15) is 9.84 Å². The Bertz CT molecular complexity index is 666. The number of nitrogens with zero attached hydrogens (tertiary/aromatic N) is 1. The molecule has 0 saturated carbocycles. The maximum absolute atomic E-state index is 11.0. The monoisotopic (exact) mass is 395 g/mol. The van der Waals surface area contributed by atoms with Crippen LogP contribution in [0.4, 0.5) is 0 Å². The molecule has 1 aromatic rings. The van der Waals surface area contributed by atoms with Gasteiger partial charge in [-0.3, -0.25) is 4.99 Å². The fourth-order valence-electron chi connectivity index (χ4n) is 1.82. The van der Waals surface area contributed by atoms with E-state index < -0.39 is 9.84 Å². The van der Waals surface area contributed by atoms with E-state index in [9.17, 15) is 8.42 Å². The third-order valence-corrected chi connectivity index (χ3v) is 4.81. The molecule has 0 aliphatic heterocycles. The number of guanidine groups is 1. The van der Waals surface area contributed by atoms with Crippen molar-refractivity contribution >= 4 is 39.0 Å². The molecule has 0 saturated heterocycles. The fraction of sp³-hybridized carbons (Fsp3) is 0.533. The largest absolute Gasteiger partial charge is 0.379 e. The standard InChI is InChI=1S/C15H23Cl2N3O3S/c1-11(12-4-5-13(16)14(17)10-12)20-15(18-2)19-6-7-23-8-9-24(3,21)22/h4-5,10-11H,6-9H2,1-3H3,(H2,18,19,20). The predicted molar refractivity (Wildman–Crippen MR) is 99.9 cm³/mol. The van der Waals surface area contributed by atoms with Crippen LogP contribution in [0.5, 0.6) is 0 Å². The van der Waals surface area contributed by atoms with Crippen LogP contribution in [0, 0.1) is 0 Å². The van der Waals surface area contributed by atoms with Gasteiger partial charge in [0.15, 0.2) is 5.96 Å². The van der Waals surface area contributed by atoms with Crippen LogP contribution in [0.2, 0.25) is 10.0 Å². The molecule has 136 valence electrons. The number of benzene rings is 1. The second-order valence-electron chi connectivity index (χ2n) is 5.28. The Morgan fingerprint density at radius 1 is 1.29 bits per heavy atom. The first kappa shape index (κ1) is 21.0. The molecular weight excluding hydrogens is 373 g/mol. The Morgan fingerprint density at radius 3 is 2.58 bits per heavy atom. The van der Waals surface area contributed by atoms with Crippen molar-refractivity contribution < 1.29 is 13.2 Å². The van der Waals surface area contributed by atoms with Crippen LogP contribution in [-0.4, -0.2) is 53.2 Å². The Kier molecular flexibility index (Phi) is 8.83. The molecule has 1 atom stereocenters. The Morgan fingerprint density at radius 2 is 2.00 bits per heavy atom. The molecule has 0 fully saturated rings. The number of hydrogen-bond acceptors (Lipinski definition) is 4. The van der Waals surface area contributed by atoms with Gasteiger partial charge in [-0.2, -0.15) is 0 Å². The van der Waals surface area contributed by atoms with E-state index in [1.54, 1.807) is 13.1 Å². The summed E-state index contributed by atoms with van der Waals surface area (Å²) in [4.78, 5) is 4.13. The van der Waals surface area contributed by atoms with Crippen LogP contribution in [0.15, 0.2) is 23.2 Å². The zero-order valence-corrected chi connectivity index (χ0v) is 16.3. The second kappa shape index (κ2) is 10.1. The maximum Gasteiger partial charge on any atom is 0.191 e. The molecule has 0 spiro atoms. The topological polar surface area (TPSA) is 79.8 Å². The molecule has 0 amide bonds. The molecule has 1 rings (SSSR count). The third kappa shape index (κ3) is 8.19. The smallest absolute Gasteiger partial charge is 0.191 e. The highest BCUT2D eigenvalue weighted by atomic mass is 35.5. The van der Waals surface area contributed by atoms with Crippen LogP contribution in [0.25, 0.3) is 0 Å². The highest BCUT2D eigenvalue weighted by Crippen LogP contribution is 2.25. The lowest BCUT2D eigenvalue weighted by atomic mass is 10.1. The van der Waals surface area contributed by atoms with E-state index in [1.165, 1.54) is 6.26 Å². The van der Waals surface area contributed by atoms with Crippen molar-refractivity contribution in [2.75, 3.05) is 38.8 Å². The van der Waals surface area contributed by atoms with Gasteiger partial charge in [-0.05, 0) is 24.6 Å². The number of hydrogen-bond donors (Lipinski definition) is 2. The molecule has 0 heterocycles. The quantitative estimate of drug-likeness (QED) is 0.400. The summed E-state index contributed by atoms with van der Waals surface area (Å²) in [5.41, 5.74) is 0.983. The average molecular weight is 396 g/mol. The van der Waals surface area contributed by atoms with Crippen LogP contribution in [-0.2, 0) is 14.6 Å². The molecule has 0 aromatic heterocycles. The van der Waals surface area contributed by atoms with E-state index in [2.05, 4.69) is 15.6 Å². The number of rotatable bonds is 8. The minimum absolute atomic E-state index is 0.0166. The normalized spacial score (nSPS) is 13.6. The van der Waals surface area contributed by atoms with Gasteiger partial charge >= 0.3 is 0 Å². The van der Waals surface area contributed by atoms with E-state index in [4.69, 9.17) is 27.9 Å². The van der Waals surface area contributed by atoms with Gasteiger partial charge in [-0.1, -0.05) is 29.3 Å². The van der Waals surface area contributed by atoms with Crippen LogP contribution in [0.3, 0.4) is 0 Å². The molecule has 1 aromatic carbocycles. The first-order chi connectivity index (χ1) is 11.2. The van der Waals surface area contributed by atoms with Gasteiger partial charge in [0.25, 0.3) is 0 Å². The van der Waals surface area contributed by atoms with E-state index >= 15 is 0 Å². The summed E-state index contributed by atoms with van der Waals surface area (Å²) in [6, 6.07) is 5.44. The highest BCUT2D eigenvalue weighted by Gasteiger charge is 2.09. The number of nitrogens with one attached hydrogen (secondary N) is 2. The summed E-state index contributed by atoms with van der Waals surface area (Å²) in [5.74, 6) is 0.634.